The van der Waals surface area contributed by atoms with Gasteiger partial charge in [-0.05, 0) is 18.5 Å². The minimum atomic E-state index is 0.0521. The smallest absolute Gasteiger partial charge is 0.147 e. The van der Waals surface area contributed by atoms with Crippen LogP contribution in [0.1, 0.15) is 27.2 Å². The molecule has 86 valence electrons. The monoisotopic (exact) mass is 211 g/mol. The predicted octanol–water partition coefficient (Wildman–Crippen LogP) is 1.68. The minimum Gasteiger partial charge on any atom is -0.299 e. The fourth-order valence-corrected chi connectivity index (χ4v) is 1.31. The van der Waals surface area contributed by atoms with Crippen LogP contribution in [-0.2, 0) is 9.59 Å². The second-order valence-electron chi connectivity index (χ2n) is 5.04. The third-order valence-electron chi connectivity index (χ3n) is 1.81. The number of carbonyl (C=O) groups is 2. The van der Waals surface area contributed by atoms with Crippen LogP contribution in [0.2, 0.25) is 0 Å². The van der Waals surface area contributed by atoms with E-state index in [0.29, 0.717) is 19.5 Å². The van der Waals surface area contributed by atoms with Crippen LogP contribution in [-0.4, -0.2) is 37.1 Å². The van der Waals surface area contributed by atoms with Gasteiger partial charge in [-0.1, -0.05) is 26.8 Å². The molecule has 0 aromatic carbocycles. The zero-order chi connectivity index (χ0) is 11.9. The van der Waals surface area contributed by atoms with Crippen LogP contribution < -0.4 is 0 Å². The average molecular weight is 211 g/mol. The highest BCUT2D eigenvalue weighted by molar-refractivity contribution is 5.81. The molecular weight excluding hydrogens is 190 g/mol. The van der Waals surface area contributed by atoms with Crippen LogP contribution >= 0.6 is 0 Å². The molecule has 0 amide bonds. The Morgan fingerprint density at radius 3 is 2.40 bits per heavy atom. The van der Waals surface area contributed by atoms with Gasteiger partial charge in [0.2, 0.25) is 0 Å². The van der Waals surface area contributed by atoms with Gasteiger partial charge in [-0.2, -0.15) is 0 Å². The second-order valence-corrected chi connectivity index (χ2v) is 5.04. The van der Waals surface area contributed by atoms with Crippen LogP contribution in [0.3, 0.4) is 0 Å². The first-order valence-corrected chi connectivity index (χ1v) is 5.16. The highest BCUT2D eigenvalue weighted by Crippen LogP contribution is 2.18. The molecule has 0 aromatic heterocycles. The van der Waals surface area contributed by atoms with Crippen molar-refractivity contribution >= 4 is 12.1 Å². The summed E-state index contributed by atoms with van der Waals surface area (Å²) < 4.78 is 0. The first-order valence-electron chi connectivity index (χ1n) is 5.16. The van der Waals surface area contributed by atoms with Crippen molar-refractivity contribution in [3.63, 3.8) is 0 Å². The van der Waals surface area contributed by atoms with Crippen molar-refractivity contribution in [3.8, 4) is 0 Å². The summed E-state index contributed by atoms with van der Waals surface area (Å²) in [6, 6.07) is 0. The molecule has 3 nitrogen and oxygen atoms in total. The lowest BCUT2D eigenvalue weighted by Gasteiger charge is -2.19. The lowest BCUT2D eigenvalue weighted by atomic mass is 9.90. The van der Waals surface area contributed by atoms with E-state index in [-0.39, 0.29) is 11.2 Å². The standard InChI is InChI=1S/C12H21NO2/c1-12(2,3)9-11(15)10-13(4)7-5-6-8-14/h5-6,8H,7,9-10H2,1-4H3/b6-5+. The predicted molar refractivity (Wildman–Crippen MR) is 61.8 cm³/mol. The van der Waals surface area contributed by atoms with Crippen molar-refractivity contribution in [2.24, 2.45) is 5.41 Å². The molecule has 0 aromatic rings. The Balaban J connectivity index is 3.86. The first-order chi connectivity index (χ1) is 6.85. The van der Waals surface area contributed by atoms with Gasteiger partial charge in [-0.3, -0.25) is 14.5 Å². The number of rotatable bonds is 6. The number of ketones is 1. The zero-order valence-corrected chi connectivity index (χ0v) is 10.1. The SMILES string of the molecule is CN(C/C=C/C=O)CC(=O)CC(C)(C)C. The van der Waals surface area contributed by atoms with Gasteiger partial charge in [-0.15, -0.1) is 0 Å². The first kappa shape index (κ1) is 14.0. The zero-order valence-electron chi connectivity index (χ0n) is 10.1. The highest BCUT2D eigenvalue weighted by atomic mass is 16.1. The van der Waals surface area contributed by atoms with Crippen LogP contribution in [0, 0.1) is 5.41 Å². The second kappa shape index (κ2) is 6.51. The lowest BCUT2D eigenvalue weighted by molar-refractivity contribution is -0.121. The van der Waals surface area contributed by atoms with E-state index in [1.165, 1.54) is 6.08 Å². The summed E-state index contributed by atoms with van der Waals surface area (Å²) in [5.74, 6) is 0.240. The van der Waals surface area contributed by atoms with Crippen LogP contribution in [0.15, 0.2) is 12.2 Å². The molecule has 0 fully saturated rings. The highest BCUT2D eigenvalue weighted by Gasteiger charge is 2.16. The summed E-state index contributed by atoms with van der Waals surface area (Å²) in [5, 5.41) is 0. The van der Waals surface area contributed by atoms with E-state index in [1.807, 2.05) is 11.9 Å². The molecule has 0 spiro atoms. The number of aldehydes is 1. The molecule has 0 N–H and O–H groups in total. The van der Waals surface area contributed by atoms with Gasteiger partial charge in [0.15, 0.2) is 0 Å². The average Bonchev–Trinajstić information content (AvgIpc) is 2.00. The molecule has 0 bridgehead atoms. The van der Waals surface area contributed by atoms with Crippen molar-refractivity contribution in [2.45, 2.75) is 27.2 Å². The van der Waals surface area contributed by atoms with Gasteiger partial charge >= 0.3 is 0 Å². The van der Waals surface area contributed by atoms with E-state index in [1.54, 1.807) is 6.08 Å². The van der Waals surface area contributed by atoms with Crippen molar-refractivity contribution < 1.29 is 9.59 Å². The molecule has 0 atom stereocenters. The van der Waals surface area contributed by atoms with E-state index in [4.69, 9.17) is 0 Å². The molecule has 3 heteroatoms. The fourth-order valence-electron chi connectivity index (χ4n) is 1.31. The summed E-state index contributed by atoms with van der Waals surface area (Å²) in [4.78, 5) is 23.5. The quantitative estimate of drug-likeness (QED) is 0.495. The van der Waals surface area contributed by atoms with Crippen molar-refractivity contribution in [1.29, 1.82) is 0 Å². The van der Waals surface area contributed by atoms with Crippen LogP contribution in [0.25, 0.3) is 0 Å². The summed E-state index contributed by atoms with van der Waals surface area (Å²) in [5.41, 5.74) is 0.0521. The summed E-state index contributed by atoms with van der Waals surface area (Å²) in [6.07, 6.45) is 4.53. The maximum absolute atomic E-state index is 11.6. The maximum atomic E-state index is 11.6. The number of likely N-dealkylation sites (N-methyl/N-ethyl adjacent to an activating group) is 1. The molecular formula is C12H21NO2. The number of hydrogen-bond acceptors (Lipinski definition) is 3. The van der Waals surface area contributed by atoms with E-state index < -0.39 is 0 Å². The molecule has 0 saturated heterocycles. The molecule has 0 rings (SSSR count). The van der Waals surface area contributed by atoms with Gasteiger partial charge < -0.3 is 0 Å². The molecule has 15 heavy (non-hydrogen) atoms. The van der Waals surface area contributed by atoms with E-state index in [0.717, 1.165) is 6.29 Å². The minimum absolute atomic E-state index is 0.0521. The Bertz CT molecular complexity index is 238. The van der Waals surface area contributed by atoms with Gasteiger partial charge in [-0.25, -0.2) is 0 Å². The molecule has 0 heterocycles. The van der Waals surface area contributed by atoms with Gasteiger partial charge in [0, 0.05) is 13.0 Å². The summed E-state index contributed by atoms with van der Waals surface area (Å²) in [7, 11) is 1.87. The maximum Gasteiger partial charge on any atom is 0.147 e. The summed E-state index contributed by atoms with van der Waals surface area (Å²) in [6.45, 7) is 7.24. The third kappa shape index (κ3) is 9.35. The molecule has 0 aliphatic carbocycles. The third-order valence-corrected chi connectivity index (χ3v) is 1.81. The lowest BCUT2D eigenvalue weighted by Crippen LogP contribution is -2.28. The Labute approximate surface area is 92.1 Å². The van der Waals surface area contributed by atoms with E-state index in [2.05, 4.69) is 20.8 Å². The van der Waals surface area contributed by atoms with E-state index in [9.17, 15) is 9.59 Å². The van der Waals surface area contributed by atoms with Crippen molar-refractivity contribution in [2.75, 3.05) is 20.1 Å². The van der Waals surface area contributed by atoms with Gasteiger partial charge in [0.05, 0.1) is 6.54 Å². The summed E-state index contributed by atoms with van der Waals surface area (Å²) >= 11 is 0. The van der Waals surface area contributed by atoms with Crippen molar-refractivity contribution in [1.82, 2.24) is 4.90 Å². The Morgan fingerprint density at radius 2 is 1.93 bits per heavy atom. The van der Waals surface area contributed by atoms with E-state index >= 15 is 0 Å². The number of nitrogens with zero attached hydrogens (tertiary/aromatic N) is 1. The molecule has 0 radical (unpaired) electrons. The number of carbonyl (C=O) groups excluding carboxylic acids is 2. The molecule has 0 unspecified atom stereocenters. The Hall–Kier alpha value is -0.960. The molecule has 0 aliphatic rings. The fraction of sp³-hybridized carbons (Fsp3) is 0.667. The Morgan fingerprint density at radius 1 is 1.33 bits per heavy atom. The van der Waals surface area contributed by atoms with Crippen molar-refractivity contribution in [3.05, 3.63) is 12.2 Å². The number of Topliss-reactive ketones (excluding diaryl/α,β-unsaturated/α-hetero) is 1. The Kier molecular flexibility index (Phi) is 6.09. The van der Waals surface area contributed by atoms with Gasteiger partial charge in [0.1, 0.15) is 12.1 Å². The normalized spacial score (nSPS) is 12.3. The molecule has 0 aliphatic heterocycles. The largest absolute Gasteiger partial charge is 0.299 e. The van der Waals surface area contributed by atoms with Crippen LogP contribution in [0.4, 0.5) is 0 Å². The van der Waals surface area contributed by atoms with Gasteiger partial charge in [0.25, 0.3) is 0 Å². The molecule has 0 saturated carbocycles. The van der Waals surface area contributed by atoms with Crippen LogP contribution in [0.5, 0.6) is 0 Å². The number of hydrogen-bond donors (Lipinski definition) is 0. The topological polar surface area (TPSA) is 37.4 Å². The number of allylic oxidation sites excluding steroid dienone is 1.